The second-order valence-electron chi connectivity index (χ2n) is 5.03. The van der Waals surface area contributed by atoms with E-state index in [1.165, 1.54) is 0 Å². The van der Waals surface area contributed by atoms with E-state index in [0.29, 0.717) is 6.54 Å². The average molecular weight is 310 g/mol. The summed E-state index contributed by atoms with van der Waals surface area (Å²) in [5, 5.41) is 0. The van der Waals surface area contributed by atoms with E-state index in [0.717, 1.165) is 24.6 Å². The molecule has 2 heterocycles. The highest BCUT2D eigenvalue weighted by atomic mass is 19.4. The molecule has 5 nitrogen and oxygen atoms in total. The second kappa shape index (κ2) is 5.53. The molecular formula is C14H13F3N4O. The van der Waals surface area contributed by atoms with E-state index in [9.17, 15) is 13.2 Å². The predicted octanol–water partition coefficient (Wildman–Crippen LogP) is 3.02. The quantitative estimate of drug-likeness (QED) is 0.939. The normalized spacial score (nSPS) is 14.9. The van der Waals surface area contributed by atoms with Crippen LogP contribution in [0.5, 0.6) is 11.6 Å². The summed E-state index contributed by atoms with van der Waals surface area (Å²) in [6, 6.07) is 3.35. The molecular weight excluding hydrogens is 297 g/mol. The lowest BCUT2D eigenvalue weighted by Gasteiger charge is -2.11. The van der Waals surface area contributed by atoms with E-state index in [1.54, 1.807) is 18.3 Å². The van der Waals surface area contributed by atoms with E-state index >= 15 is 0 Å². The van der Waals surface area contributed by atoms with Crippen LogP contribution in [-0.4, -0.2) is 15.0 Å². The highest BCUT2D eigenvalue weighted by Crippen LogP contribution is 2.44. The summed E-state index contributed by atoms with van der Waals surface area (Å²) < 4.78 is 43.6. The number of nitrogens with zero attached hydrogens (tertiary/aromatic N) is 3. The summed E-state index contributed by atoms with van der Waals surface area (Å²) in [4.78, 5) is 11.0. The zero-order chi connectivity index (χ0) is 15.7. The Hall–Kier alpha value is -2.22. The van der Waals surface area contributed by atoms with Crippen LogP contribution in [0.2, 0.25) is 0 Å². The SMILES string of the molecule is NCc1ccc(Oc2cnc(C(F)(F)F)nc2C2CC2)nc1. The maximum Gasteiger partial charge on any atom is 0.451 e. The molecule has 0 saturated heterocycles. The first-order valence-electron chi connectivity index (χ1n) is 6.74. The lowest BCUT2D eigenvalue weighted by atomic mass is 10.2. The predicted molar refractivity (Wildman–Crippen MR) is 71.2 cm³/mol. The molecule has 0 amide bonds. The van der Waals surface area contributed by atoms with Crippen molar-refractivity contribution in [2.75, 3.05) is 0 Å². The Labute approximate surface area is 124 Å². The zero-order valence-corrected chi connectivity index (χ0v) is 11.5. The molecule has 0 aromatic carbocycles. The van der Waals surface area contributed by atoms with Crippen LogP contribution in [0.15, 0.2) is 24.5 Å². The molecule has 0 bridgehead atoms. The van der Waals surface area contributed by atoms with Gasteiger partial charge < -0.3 is 10.5 Å². The van der Waals surface area contributed by atoms with Gasteiger partial charge >= 0.3 is 6.18 Å². The van der Waals surface area contributed by atoms with Crippen molar-refractivity contribution in [2.45, 2.75) is 31.5 Å². The van der Waals surface area contributed by atoms with Crippen LogP contribution in [0.3, 0.4) is 0 Å². The van der Waals surface area contributed by atoms with E-state index in [1.807, 2.05) is 0 Å². The fourth-order valence-electron chi connectivity index (χ4n) is 1.95. The zero-order valence-electron chi connectivity index (χ0n) is 11.5. The molecule has 0 aliphatic heterocycles. The molecule has 3 rings (SSSR count). The molecule has 22 heavy (non-hydrogen) atoms. The third-order valence-corrected chi connectivity index (χ3v) is 3.25. The van der Waals surface area contributed by atoms with Gasteiger partial charge in [0.25, 0.3) is 0 Å². The highest BCUT2D eigenvalue weighted by molar-refractivity contribution is 5.34. The molecule has 1 aliphatic rings. The Morgan fingerprint density at radius 2 is 1.95 bits per heavy atom. The number of ether oxygens (including phenoxy) is 1. The van der Waals surface area contributed by atoms with Crippen molar-refractivity contribution < 1.29 is 17.9 Å². The molecule has 116 valence electrons. The third kappa shape index (κ3) is 3.16. The molecule has 0 radical (unpaired) electrons. The molecule has 0 atom stereocenters. The third-order valence-electron chi connectivity index (χ3n) is 3.25. The van der Waals surface area contributed by atoms with Gasteiger partial charge in [-0.2, -0.15) is 13.2 Å². The van der Waals surface area contributed by atoms with Crippen molar-refractivity contribution in [3.63, 3.8) is 0 Å². The summed E-state index contributed by atoms with van der Waals surface area (Å²) in [7, 11) is 0. The van der Waals surface area contributed by atoms with E-state index < -0.39 is 12.0 Å². The van der Waals surface area contributed by atoms with E-state index in [2.05, 4.69) is 15.0 Å². The minimum absolute atomic E-state index is 0.0117. The first-order valence-corrected chi connectivity index (χ1v) is 6.74. The Morgan fingerprint density at radius 1 is 1.18 bits per heavy atom. The van der Waals surface area contributed by atoms with Gasteiger partial charge in [0.15, 0.2) is 5.75 Å². The van der Waals surface area contributed by atoms with Crippen molar-refractivity contribution in [3.05, 3.63) is 41.6 Å². The molecule has 2 aromatic rings. The van der Waals surface area contributed by atoms with Crippen molar-refractivity contribution >= 4 is 0 Å². The van der Waals surface area contributed by atoms with Crippen LogP contribution in [0.4, 0.5) is 13.2 Å². The highest BCUT2D eigenvalue weighted by Gasteiger charge is 2.38. The molecule has 8 heteroatoms. The summed E-state index contributed by atoms with van der Waals surface area (Å²) in [5.41, 5.74) is 6.59. The molecule has 1 fully saturated rings. The van der Waals surface area contributed by atoms with Gasteiger partial charge in [0.2, 0.25) is 11.7 Å². The van der Waals surface area contributed by atoms with Gasteiger partial charge in [-0.1, -0.05) is 6.07 Å². The Kier molecular flexibility index (Phi) is 3.69. The topological polar surface area (TPSA) is 73.9 Å². The number of hydrogen-bond acceptors (Lipinski definition) is 5. The molecule has 0 spiro atoms. The van der Waals surface area contributed by atoms with Gasteiger partial charge in [-0.05, 0) is 18.4 Å². The first-order chi connectivity index (χ1) is 10.5. The van der Waals surface area contributed by atoms with Crippen LogP contribution in [0.25, 0.3) is 0 Å². The maximum absolute atomic E-state index is 12.7. The number of aromatic nitrogens is 3. The molecule has 1 aliphatic carbocycles. The smallest absolute Gasteiger partial charge is 0.435 e. The summed E-state index contributed by atoms with van der Waals surface area (Å²) in [6.45, 7) is 0.351. The van der Waals surface area contributed by atoms with E-state index in [-0.39, 0.29) is 23.2 Å². The summed E-state index contributed by atoms with van der Waals surface area (Å²) >= 11 is 0. The number of alkyl halides is 3. The number of rotatable bonds is 4. The number of nitrogens with two attached hydrogens (primary N) is 1. The van der Waals surface area contributed by atoms with Gasteiger partial charge in [0.1, 0.15) is 0 Å². The van der Waals surface area contributed by atoms with Gasteiger partial charge in [-0.3, -0.25) is 0 Å². The Bertz CT molecular complexity index is 669. The van der Waals surface area contributed by atoms with Gasteiger partial charge in [-0.25, -0.2) is 15.0 Å². The second-order valence-corrected chi connectivity index (χ2v) is 5.03. The standard InChI is InChI=1S/C14H13F3N4O/c15-14(16,17)13-20-7-10(12(21-13)9-2-3-9)22-11-4-1-8(5-18)6-19-11/h1,4,6-7,9H,2-3,5,18H2. The Morgan fingerprint density at radius 3 is 2.50 bits per heavy atom. The first kappa shape index (κ1) is 14.7. The van der Waals surface area contributed by atoms with Crippen molar-refractivity contribution in [2.24, 2.45) is 5.73 Å². The summed E-state index contributed by atoms with van der Waals surface area (Å²) in [5.74, 6) is -0.679. The minimum atomic E-state index is -4.57. The van der Waals surface area contributed by atoms with Crippen molar-refractivity contribution in [1.82, 2.24) is 15.0 Å². The van der Waals surface area contributed by atoms with Gasteiger partial charge in [-0.15, -0.1) is 0 Å². The maximum atomic E-state index is 12.7. The van der Waals surface area contributed by atoms with Crippen LogP contribution < -0.4 is 10.5 Å². The lowest BCUT2D eigenvalue weighted by molar-refractivity contribution is -0.145. The molecule has 2 N–H and O–H groups in total. The van der Waals surface area contributed by atoms with Gasteiger partial charge in [0.05, 0.1) is 11.9 Å². The molecule has 2 aromatic heterocycles. The van der Waals surface area contributed by atoms with Crippen LogP contribution in [0.1, 0.15) is 35.8 Å². The number of halogens is 3. The van der Waals surface area contributed by atoms with Crippen LogP contribution >= 0.6 is 0 Å². The van der Waals surface area contributed by atoms with E-state index in [4.69, 9.17) is 10.5 Å². The van der Waals surface area contributed by atoms with Crippen molar-refractivity contribution in [1.29, 1.82) is 0 Å². The molecule has 0 unspecified atom stereocenters. The monoisotopic (exact) mass is 310 g/mol. The Balaban J connectivity index is 1.89. The fourth-order valence-corrected chi connectivity index (χ4v) is 1.95. The minimum Gasteiger partial charge on any atom is -0.435 e. The molecule has 1 saturated carbocycles. The van der Waals surface area contributed by atoms with Crippen LogP contribution in [-0.2, 0) is 12.7 Å². The summed E-state index contributed by atoms with van der Waals surface area (Å²) in [6.07, 6.45) is -0.364. The fraction of sp³-hybridized carbons (Fsp3) is 0.357. The van der Waals surface area contributed by atoms with Gasteiger partial charge in [0, 0.05) is 24.7 Å². The van der Waals surface area contributed by atoms with Crippen molar-refractivity contribution in [3.8, 4) is 11.6 Å². The largest absolute Gasteiger partial charge is 0.451 e. The average Bonchev–Trinajstić information content (AvgIpc) is 3.32. The number of pyridine rings is 1. The lowest BCUT2D eigenvalue weighted by Crippen LogP contribution is -2.12. The number of hydrogen-bond donors (Lipinski definition) is 1. The van der Waals surface area contributed by atoms with Crippen LogP contribution in [0, 0.1) is 0 Å².